The van der Waals surface area contributed by atoms with Crippen molar-refractivity contribution < 1.29 is 27.8 Å². The molecule has 0 atom stereocenters. The van der Waals surface area contributed by atoms with Crippen LogP contribution in [0.3, 0.4) is 0 Å². The number of carbonyl (C=O) groups is 2. The maximum atomic E-state index is 13.5. The van der Waals surface area contributed by atoms with Gasteiger partial charge in [0.05, 0.1) is 0 Å². The Morgan fingerprint density at radius 3 is 2.38 bits per heavy atom. The standard InChI is InChI=1S/C19H17F2NO4/c20-13-3-1-4-14(21)19(13)22-18(24)6-2-5-15(23)12-7-8-16-17(11-12)26-10-9-25-16/h1,3-4,7-8,11H,2,5-6,9-10H2,(H,22,24). The van der Waals surface area contributed by atoms with E-state index in [2.05, 4.69) is 5.32 Å². The van der Waals surface area contributed by atoms with E-state index >= 15 is 0 Å². The van der Waals surface area contributed by atoms with Crippen LogP contribution in [0.15, 0.2) is 36.4 Å². The van der Waals surface area contributed by atoms with E-state index in [1.54, 1.807) is 18.2 Å². The summed E-state index contributed by atoms with van der Waals surface area (Å²) in [5.41, 5.74) is -0.00883. The monoisotopic (exact) mass is 361 g/mol. The predicted octanol–water partition coefficient (Wildman–Crippen LogP) is 3.73. The third-order valence-electron chi connectivity index (χ3n) is 3.90. The number of amides is 1. The number of Topliss-reactive ketones (excluding diaryl/α,β-unsaturated/α-hetero) is 1. The maximum absolute atomic E-state index is 13.5. The molecule has 0 saturated heterocycles. The van der Waals surface area contributed by atoms with E-state index in [0.29, 0.717) is 30.3 Å². The first kappa shape index (κ1) is 17.8. The number of para-hydroxylation sites is 1. The van der Waals surface area contributed by atoms with Crippen LogP contribution in [0.5, 0.6) is 11.5 Å². The second kappa shape index (κ2) is 7.95. The smallest absolute Gasteiger partial charge is 0.224 e. The Kier molecular flexibility index (Phi) is 5.46. The van der Waals surface area contributed by atoms with Gasteiger partial charge in [-0.3, -0.25) is 9.59 Å². The fourth-order valence-corrected chi connectivity index (χ4v) is 2.59. The van der Waals surface area contributed by atoms with Crippen molar-refractivity contribution in [3.8, 4) is 11.5 Å². The molecule has 1 aliphatic rings. The Balaban J connectivity index is 1.51. The minimum Gasteiger partial charge on any atom is -0.486 e. The highest BCUT2D eigenvalue weighted by molar-refractivity contribution is 5.97. The number of ether oxygens (including phenoxy) is 2. The molecule has 0 aromatic heterocycles. The first-order chi connectivity index (χ1) is 12.5. The molecule has 0 fully saturated rings. The van der Waals surface area contributed by atoms with Gasteiger partial charge in [-0.15, -0.1) is 0 Å². The average molecular weight is 361 g/mol. The van der Waals surface area contributed by atoms with Gasteiger partial charge in [0.25, 0.3) is 0 Å². The molecule has 5 nitrogen and oxygen atoms in total. The minimum absolute atomic E-state index is 0.0237. The number of halogens is 2. The molecule has 0 spiro atoms. The lowest BCUT2D eigenvalue weighted by molar-refractivity contribution is -0.116. The highest BCUT2D eigenvalue weighted by Gasteiger charge is 2.16. The van der Waals surface area contributed by atoms with Gasteiger partial charge in [-0.05, 0) is 36.8 Å². The fourth-order valence-electron chi connectivity index (χ4n) is 2.59. The lowest BCUT2D eigenvalue weighted by Crippen LogP contribution is -2.16. The van der Waals surface area contributed by atoms with Crippen LogP contribution in [0.2, 0.25) is 0 Å². The molecule has 26 heavy (non-hydrogen) atoms. The molecule has 0 bridgehead atoms. The third-order valence-corrected chi connectivity index (χ3v) is 3.90. The summed E-state index contributed by atoms with van der Waals surface area (Å²) in [4.78, 5) is 24.1. The number of hydrogen-bond donors (Lipinski definition) is 1. The SMILES string of the molecule is O=C(CCCC(=O)c1ccc2c(c1)OCCO2)Nc1c(F)cccc1F. The van der Waals surface area contributed by atoms with Crippen molar-refractivity contribution in [3.63, 3.8) is 0 Å². The number of ketones is 1. The normalized spacial score (nSPS) is 12.5. The Labute approximate surface area is 148 Å². The van der Waals surface area contributed by atoms with Crippen LogP contribution in [0.1, 0.15) is 29.6 Å². The van der Waals surface area contributed by atoms with Crippen molar-refractivity contribution in [2.45, 2.75) is 19.3 Å². The van der Waals surface area contributed by atoms with Crippen LogP contribution in [-0.2, 0) is 4.79 Å². The molecular weight excluding hydrogens is 344 g/mol. The third kappa shape index (κ3) is 4.17. The van der Waals surface area contributed by atoms with Crippen LogP contribution in [0.4, 0.5) is 14.5 Å². The average Bonchev–Trinajstić information content (AvgIpc) is 2.64. The largest absolute Gasteiger partial charge is 0.486 e. The Morgan fingerprint density at radius 2 is 1.65 bits per heavy atom. The van der Waals surface area contributed by atoms with Crippen molar-refractivity contribution in [1.29, 1.82) is 0 Å². The number of anilines is 1. The van der Waals surface area contributed by atoms with Crippen molar-refractivity contribution >= 4 is 17.4 Å². The van der Waals surface area contributed by atoms with Gasteiger partial charge in [0.15, 0.2) is 17.3 Å². The summed E-state index contributed by atoms with van der Waals surface area (Å²) in [7, 11) is 0. The molecule has 1 heterocycles. The molecule has 2 aromatic carbocycles. The van der Waals surface area contributed by atoms with E-state index in [0.717, 1.165) is 12.1 Å². The summed E-state index contributed by atoms with van der Waals surface area (Å²) in [6, 6.07) is 8.27. The zero-order valence-corrected chi connectivity index (χ0v) is 13.9. The summed E-state index contributed by atoms with van der Waals surface area (Å²) in [6.07, 6.45) is 0.367. The van der Waals surface area contributed by atoms with Crippen LogP contribution < -0.4 is 14.8 Å². The minimum atomic E-state index is -0.842. The van der Waals surface area contributed by atoms with Gasteiger partial charge in [0, 0.05) is 18.4 Å². The van der Waals surface area contributed by atoms with E-state index in [1.165, 1.54) is 6.07 Å². The summed E-state index contributed by atoms with van der Waals surface area (Å²) >= 11 is 0. The van der Waals surface area contributed by atoms with Crippen LogP contribution in [-0.4, -0.2) is 24.9 Å². The number of carbonyl (C=O) groups excluding carboxylic acids is 2. The molecule has 0 radical (unpaired) electrons. The summed E-state index contributed by atoms with van der Waals surface area (Å²) in [6.45, 7) is 0.898. The first-order valence-electron chi connectivity index (χ1n) is 8.21. The lowest BCUT2D eigenvalue weighted by Gasteiger charge is -2.18. The first-order valence-corrected chi connectivity index (χ1v) is 8.21. The molecule has 3 rings (SSSR count). The number of fused-ring (bicyclic) bond motifs is 1. The Bertz CT molecular complexity index is 818. The summed E-state index contributed by atoms with van der Waals surface area (Å²) < 4.78 is 37.8. The van der Waals surface area contributed by atoms with Gasteiger partial charge in [-0.25, -0.2) is 8.78 Å². The molecule has 1 N–H and O–H groups in total. The Hall–Kier alpha value is -2.96. The Morgan fingerprint density at radius 1 is 0.962 bits per heavy atom. The van der Waals surface area contributed by atoms with Gasteiger partial charge in [0.2, 0.25) is 5.91 Å². The molecule has 2 aromatic rings. The van der Waals surface area contributed by atoms with Gasteiger partial charge in [-0.1, -0.05) is 6.07 Å². The highest BCUT2D eigenvalue weighted by Crippen LogP contribution is 2.31. The van der Waals surface area contributed by atoms with Gasteiger partial charge in [0.1, 0.15) is 30.5 Å². The lowest BCUT2D eigenvalue weighted by atomic mass is 10.0. The van der Waals surface area contributed by atoms with Crippen molar-refractivity contribution in [2.75, 3.05) is 18.5 Å². The quantitative estimate of drug-likeness (QED) is 0.797. The molecule has 0 aliphatic carbocycles. The zero-order chi connectivity index (χ0) is 18.5. The molecule has 1 amide bonds. The second-order valence-corrected chi connectivity index (χ2v) is 5.78. The van der Waals surface area contributed by atoms with Crippen molar-refractivity contribution in [1.82, 2.24) is 0 Å². The van der Waals surface area contributed by atoms with E-state index in [9.17, 15) is 18.4 Å². The molecule has 1 aliphatic heterocycles. The molecule has 0 saturated carbocycles. The second-order valence-electron chi connectivity index (χ2n) is 5.78. The van der Waals surface area contributed by atoms with E-state index in [-0.39, 0.29) is 25.0 Å². The summed E-state index contributed by atoms with van der Waals surface area (Å²) in [5, 5.41) is 2.20. The number of nitrogens with one attached hydrogen (secondary N) is 1. The summed E-state index contributed by atoms with van der Waals surface area (Å²) in [5.74, 6) is -1.26. The molecule has 7 heteroatoms. The number of rotatable bonds is 6. The van der Waals surface area contributed by atoms with Gasteiger partial charge in [-0.2, -0.15) is 0 Å². The zero-order valence-electron chi connectivity index (χ0n) is 13.9. The van der Waals surface area contributed by atoms with E-state index < -0.39 is 23.2 Å². The number of benzene rings is 2. The maximum Gasteiger partial charge on any atom is 0.224 e. The fraction of sp³-hybridized carbons (Fsp3) is 0.263. The van der Waals surface area contributed by atoms with Crippen molar-refractivity contribution in [2.24, 2.45) is 0 Å². The predicted molar refractivity (Wildman–Crippen MR) is 90.6 cm³/mol. The number of hydrogen-bond acceptors (Lipinski definition) is 4. The van der Waals surface area contributed by atoms with E-state index in [1.807, 2.05) is 0 Å². The van der Waals surface area contributed by atoms with Crippen LogP contribution >= 0.6 is 0 Å². The van der Waals surface area contributed by atoms with E-state index in [4.69, 9.17) is 9.47 Å². The topological polar surface area (TPSA) is 64.6 Å². The van der Waals surface area contributed by atoms with Crippen LogP contribution in [0.25, 0.3) is 0 Å². The molecule has 136 valence electrons. The molecule has 0 unspecified atom stereocenters. The highest BCUT2D eigenvalue weighted by atomic mass is 19.1. The van der Waals surface area contributed by atoms with Crippen molar-refractivity contribution in [3.05, 3.63) is 53.6 Å². The van der Waals surface area contributed by atoms with Gasteiger partial charge < -0.3 is 14.8 Å². The van der Waals surface area contributed by atoms with Crippen LogP contribution in [0, 0.1) is 11.6 Å². The van der Waals surface area contributed by atoms with Gasteiger partial charge >= 0.3 is 0 Å². The molecular formula is C19H17F2NO4.